The van der Waals surface area contributed by atoms with Crippen LogP contribution in [0.25, 0.3) is 0 Å². The molecule has 1 aromatic rings. The molecule has 0 bridgehead atoms. The molecule has 0 fully saturated rings. The zero-order valence-corrected chi connectivity index (χ0v) is 10.9. The number of rotatable bonds is 6. The largest absolute Gasteiger partial charge is 0.493 e. The minimum atomic E-state index is -0.181. The molecule has 0 heterocycles. The van der Waals surface area contributed by atoms with Crippen LogP contribution in [0, 0.1) is 0 Å². The fraction of sp³-hybridized carbons (Fsp3) is 0.538. The summed E-state index contributed by atoms with van der Waals surface area (Å²) in [5, 5.41) is 0. The summed E-state index contributed by atoms with van der Waals surface area (Å²) in [6.45, 7) is 4.37. The lowest BCUT2D eigenvalue weighted by Gasteiger charge is -2.22. The van der Waals surface area contributed by atoms with Crippen LogP contribution in [-0.4, -0.2) is 26.9 Å². The Bertz CT molecular complexity index is 353. The van der Waals surface area contributed by atoms with Gasteiger partial charge in [-0.15, -0.1) is 0 Å². The summed E-state index contributed by atoms with van der Waals surface area (Å²) in [5.41, 5.74) is 6.67. The van der Waals surface area contributed by atoms with E-state index in [4.69, 9.17) is 19.9 Å². The number of nitrogens with two attached hydrogens (primary N) is 1. The van der Waals surface area contributed by atoms with E-state index >= 15 is 0 Å². The molecule has 1 rings (SSSR count). The molecule has 0 spiro atoms. The van der Waals surface area contributed by atoms with Gasteiger partial charge in [-0.25, -0.2) is 0 Å². The summed E-state index contributed by atoms with van der Waals surface area (Å²) in [5.74, 6) is 1.38. The van der Waals surface area contributed by atoms with E-state index in [1.54, 1.807) is 14.2 Å². The van der Waals surface area contributed by atoms with Crippen LogP contribution in [0.3, 0.4) is 0 Å². The molecule has 1 atom stereocenters. The quantitative estimate of drug-likeness (QED) is 0.826. The normalized spacial score (nSPS) is 12.6. The van der Waals surface area contributed by atoms with Crippen LogP contribution in [0.5, 0.6) is 11.5 Å². The highest BCUT2D eigenvalue weighted by Gasteiger charge is 2.19. The topological polar surface area (TPSA) is 53.7 Å². The summed E-state index contributed by atoms with van der Waals surface area (Å²) in [7, 11) is 3.23. The second-order valence-electron chi connectivity index (χ2n) is 3.99. The van der Waals surface area contributed by atoms with E-state index in [0.29, 0.717) is 18.0 Å². The average Bonchev–Trinajstić information content (AvgIpc) is 2.34. The summed E-state index contributed by atoms with van der Waals surface area (Å²) in [6.07, 6.45) is -0.0699. The Labute approximate surface area is 103 Å². The van der Waals surface area contributed by atoms with Gasteiger partial charge in [0.2, 0.25) is 0 Å². The first-order valence-electron chi connectivity index (χ1n) is 5.70. The number of hydrogen-bond donors (Lipinski definition) is 1. The molecular formula is C13H21NO3. The van der Waals surface area contributed by atoms with Gasteiger partial charge in [0.05, 0.1) is 26.4 Å². The summed E-state index contributed by atoms with van der Waals surface area (Å²) in [6, 6.07) is 5.70. The van der Waals surface area contributed by atoms with Crippen molar-refractivity contribution < 1.29 is 14.2 Å². The Morgan fingerprint density at radius 3 is 2.35 bits per heavy atom. The molecule has 0 aromatic heterocycles. The van der Waals surface area contributed by atoms with E-state index in [2.05, 4.69) is 0 Å². The molecule has 2 N–H and O–H groups in total. The monoisotopic (exact) mass is 239 g/mol. The van der Waals surface area contributed by atoms with Crippen molar-refractivity contribution in [1.82, 2.24) is 0 Å². The zero-order chi connectivity index (χ0) is 12.8. The highest BCUT2D eigenvalue weighted by atomic mass is 16.5. The minimum Gasteiger partial charge on any atom is -0.493 e. The van der Waals surface area contributed by atoms with Crippen LogP contribution in [0.4, 0.5) is 0 Å². The number of para-hydroxylation sites is 1. The summed E-state index contributed by atoms with van der Waals surface area (Å²) < 4.78 is 16.4. The molecule has 4 heteroatoms. The first-order chi connectivity index (χ1) is 8.13. The van der Waals surface area contributed by atoms with Crippen molar-refractivity contribution in [3.8, 4) is 11.5 Å². The molecule has 0 aliphatic carbocycles. The first kappa shape index (κ1) is 13.8. The van der Waals surface area contributed by atoms with Gasteiger partial charge in [-0.2, -0.15) is 0 Å². The van der Waals surface area contributed by atoms with E-state index < -0.39 is 0 Å². The molecule has 0 saturated carbocycles. The molecule has 4 nitrogen and oxygen atoms in total. The van der Waals surface area contributed by atoms with Crippen LogP contribution in [0.15, 0.2) is 18.2 Å². The summed E-state index contributed by atoms with van der Waals surface area (Å²) in [4.78, 5) is 0. The smallest absolute Gasteiger partial charge is 0.166 e. The first-order valence-corrected chi connectivity index (χ1v) is 5.70. The fourth-order valence-electron chi connectivity index (χ4n) is 1.75. The van der Waals surface area contributed by atoms with E-state index in [1.165, 1.54) is 0 Å². The van der Waals surface area contributed by atoms with Gasteiger partial charge in [-0.3, -0.25) is 0 Å². The third-order valence-corrected chi connectivity index (χ3v) is 2.43. The standard InChI is InChI=1S/C13H21NO3/c1-9(2)17-12(8-14)10-6-5-7-11(15-3)13(10)16-4/h5-7,9,12H,8,14H2,1-4H3. The lowest BCUT2D eigenvalue weighted by atomic mass is 10.1. The lowest BCUT2D eigenvalue weighted by Crippen LogP contribution is -2.20. The molecule has 0 aliphatic rings. The van der Waals surface area contributed by atoms with Crippen molar-refractivity contribution in [3.05, 3.63) is 23.8 Å². The van der Waals surface area contributed by atoms with Gasteiger partial charge in [0.1, 0.15) is 0 Å². The average molecular weight is 239 g/mol. The predicted molar refractivity (Wildman–Crippen MR) is 67.6 cm³/mol. The zero-order valence-electron chi connectivity index (χ0n) is 10.9. The Morgan fingerprint density at radius 2 is 1.88 bits per heavy atom. The van der Waals surface area contributed by atoms with Crippen LogP contribution in [-0.2, 0) is 4.74 Å². The Kier molecular flexibility index (Phi) is 5.25. The molecule has 96 valence electrons. The molecule has 0 amide bonds. The molecule has 0 saturated heterocycles. The van der Waals surface area contributed by atoms with Crippen LogP contribution in [0.2, 0.25) is 0 Å². The molecule has 1 unspecified atom stereocenters. The lowest BCUT2D eigenvalue weighted by molar-refractivity contribution is 0.0106. The second kappa shape index (κ2) is 6.47. The van der Waals surface area contributed by atoms with Crippen molar-refractivity contribution in [2.75, 3.05) is 20.8 Å². The van der Waals surface area contributed by atoms with Crippen LogP contribution >= 0.6 is 0 Å². The third kappa shape index (κ3) is 3.35. The molecular weight excluding hydrogens is 218 g/mol. The van der Waals surface area contributed by atoms with Gasteiger partial charge in [0, 0.05) is 12.1 Å². The molecule has 1 aromatic carbocycles. The number of methoxy groups -OCH3 is 2. The third-order valence-electron chi connectivity index (χ3n) is 2.43. The molecule has 0 aliphatic heterocycles. The van der Waals surface area contributed by atoms with Gasteiger partial charge < -0.3 is 19.9 Å². The van der Waals surface area contributed by atoms with Gasteiger partial charge in [-0.05, 0) is 19.9 Å². The Hall–Kier alpha value is -1.26. The van der Waals surface area contributed by atoms with E-state index in [9.17, 15) is 0 Å². The minimum absolute atomic E-state index is 0.111. The number of hydrogen-bond acceptors (Lipinski definition) is 4. The van der Waals surface area contributed by atoms with E-state index in [1.807, 2.05) is 32.0 Å². The maximum Gasteiger partial charge on any atom is 0.166 e. The number of benzene rings is 1. The maximum atomic E-state index is 5.77. The maximum absolute atomic E-state index is 5.77. The SMILES string of the molecule is COc1cccc(C(CN)OC(C)C)c1OC. The van der Waals surface area contributed by atoms with E-state index in [-0.39, 0.29) is 12.2 Å². The predicted octanol–water partition coefficient (Wildman–Crippen LogP) is 2.13. The van der Waals surface area contributed by atoms with Crippen molar-refractivity contribution in [1.29, 1.82) is 0 Å². The Balaban J connectivity index is 3.09. The van der Waals surface area contributed by atoms with Crippen molar-refractivity contribution in [3.63, 3.8) is 0 Å². The fourth-order valence-corrected chi connectivity index (χ4v) is 1.75. The van der Waals surface area contributed by atoms with Crippen LogP contribution in [0.1, 0.15) is 25.5 Å². The number of ether oxygens (including phenoxy) is 3. The van der Waals surface area contributed by atoms with E-state index in [0.717, 1.165) is 5.56 Å². The van der Waals surface area contributed by atoms with Crippen molar-refractivity contribution in [2.24, 2.45) is 5.73 Å². The molecule has 17 heavy (non-hydrogen) atoms. The van der Waals surface area contributed by atoms with Crippen molar-refractivity contribution >= 4 is 0 Å². The molecule has 0 radical (unpaired) electrons. The van der Waals surface area contributed by atoms with Gasteiger partial charge in [0.25, 0.3) is 0 Å². The van der Waals surface area contributed by atoms with Gasteiger partial charge in [-0.1, -0.05) is 12.1 Å². The highest BCUT2D eigenvalue weighted by Crippen LogP contribution is 2.35. The van der Waals surface area contributed by atoms with Gasteiger partial charge in [0.15, 0.2) is 11.5 Å². The Morgan fingerprint density at radius 1 is 1.18 bits per heavy atom. The van der Waals surface area contributed by atoms with Crippen LogP contribution < -0.4 is 15.2 Å². The highest BCUT2D eigenvalue weighted by molar-refractivity contribution is 5.47. The second-order valence-corrected chi connectivity index (χ2v) is 3.99. The van der Waals surface area contributed by atoms with Crippen molar-refractivity contribution in [2.45, 2.75) is 26.1 Å². The summed E-state index contributed by atoms with van der Waals surface area (Å²) >= 11 is 0. The van der Waals surface area contributed by atoms with Gasteiger partial charge >= 0.3 is 0 Å².